The van der Waals surface area contributed by atoms with Crippen LogP contribution in [0.15, 0.2) is 54.9 Å². The minimum absolute atomic E-state index is 0.0790. The van der Waals surface area contributed by atoms with Crippen molar-refractivity contribution in [1.29, 1.82) is 0 Å². The number of aromatic nitrogens is 2. The van der Waals surface area contributed by atoms with E-state index in [0.717, 1.165) is 29.7 Å². The highest BCUT2D eigenvalue weighted by molar-refractivity contribution is 7.86. The number of H-pyrrole nitrogens is 1. The van der Waals surface area contributed by atoms with Gasteiger partial charge in [-0.1, -0.05) is 37.1 Å². The third-order valence-corrected chi connectivity index (χ3v) is 6.54. The molecule has 2 aromatic carbocycles. The summed E-state index contributed by atoms with van der Waals surface area (Å²) in [6.45, 7) is 1.95. The lowest BCUT2D eigenvalue weighted by atomic mass is 10.00. The SMILES string of the molecule is CCCCS(=O)Nc1ccc(F)c(C(=O)c2c[nH]c3ncc(-c4ccc(Cl)cc4)cc23)c1F. The first-order chi connectivity index (χ1) is 15.9. The molecular weight excluding hydrogens is 468 g/mol. The van der Waals surface area contributed by atoms with Crippen molar-refractivity contribution in [2.24, 2.45) is 0 Å². The van der Waals surface area contributed by atoms with Gasteiger partial charge in [0.05, 0.1) is 11.3 Å². The summed E-state index contributed by atoms with van der Waals surface area (Å²) in [5.41, 5.74) is 1.13. The molecule has 0 radical (unpaired) electrons. The van der Waals surface area contributed by atoms with Gasteiger partial charge in [0, 0.05) is 39.7 Å². The van der Waals surface area contributed by atoms with Crippen molar-refractivity contribution in [1.82, 2.24) is 9.97 Å². The van der Waals surface area contributed by atoms with E-state index in [2.05, 4.69) is 14.7 Å². The van der Waals surface area contributed by atoms with E-state index in [0.29, 0.717) is 28.2 Å². The topological polar surface area (TPSA) is 74.8 Å². The molecular formula is C24H20ClF2N3O2S. The van der Waals surface area contributed by atoms with Gasteiger partial charge < -0.3 is 9.71 Å². The molecule has 170 valence electrons. The normalized spacial score (nSPS) is 12.1. The first kappa shape index (κ1) is 23.1. The van der Waals surface area contributed by atoms with Crippen LogP contribution in [0.1, 0.15) is 35.7 Å². The highest BCUT2D eigenvalue weighted by Gasteiger charge is 2.25. The lowest BCUT2D eigenvalue weighted by Gasteiger charge is -2.11. The van der Waals surface area contributed by atoms with Crippen molar-refractivity contribution >= 4 is 45.1 Å². The fourth-order valence-electron chi connectivity index (χ4n) is 3.41. The Balaban J connectivity index is 1.72. The number of rotatable bonds is 8. The molecule has 4 aromatic rings. The third-order valence-electron chi connectivity index (χ3n) is 5.18. The van der Waals surface area contributed by atoms with Crippen LogP contribution in [0.4, 0.5) is 14.5 Å². The molecule has 4 rings (SSSR count). The molecule has 0 fully saturated rings. The smallest absolute Gasteiger partial charge is 0.201 e. The van der Waals surface area contributed by atoms with Gasteiger partial charge in [-0.15, -0.1) is 0 Å². The second kappa shape index (κ2) is 9.80. The number of unbranched alkanes of at least 4 members (excludes halogenated alkanes) is 1. The molecule has 5 nitrogen and oxygen atoms in total. The molecule has 0 spiro atoms. The molecule has 0 amide bonds. The zero-order chi connectivity index (χ0) is 23.5. The fraction of sp³-hybridized carbons (Fsp3) is 0.167. The zero-order valence-electron chi connectivity index (χ0n) is 17.6. The summed E-state index contributed by atoms with van der Waals surface area (Å²) in [7, 11) is -1.54. The number of nitrogens with zero attached hydrogens (tertiary/aromatic N) is 1. The summed E-state index contributed by atoms with van der Waals surface area (Å²) in [5.74, 6) is -2.60. The highest BCUT2D eigenvalue weighted by atomic mass is 35.5. The molecule has 0 bridgehead atoms. The lowest BCUT2D eigenvalue weighted by molar-refractivity contribution is 0.103. The molecule has 2 heterocycles. The average Bonchev–Trinajstić information content (AvgIpc) is 3.23. The Labute approximate surface area is 196 Å². The predicted molar refractivity (Wildman–Crippen MR) is 128 cm³/mol. The number of halogens is 3. The molecule has 2 N–H and O–H groups in total. The Kier molecular flexibility index (Phi) is 6.85. The summed E-state index contributed by atoms with van der Waals surface area (Å²) in [5, 5.41) is 1.01. The molecule has 33 heavy (non-hydrogen) atoms. The number of fused-ring (bicyclic) bond motifs is 1. The van der Waals surface area contributed by atoms with Crippen LogP contribution < -0.4 is 4.72 Å². The number of benzene rings is 2. The van der Waals surface area contributed by atoms with Gasteiger partial charge in [0.25, 0.3) is 0 Å². The Morgan fingerprint density at radius 2 is 1.91 bits per heavy atom. The van der Waals surface area contributed by atoms with Gasteiger partial charge >= 0.3 is 0 Å². The van der Waals surface area contributed by atoms with Crippen LogP contribution in [-0.2, 0) is 11.0 Å². The number of carbonyl (C=O) groups is 1. The summed E-state index contributed by atoms with van der Waals surface area (Å²) in [6.07, 6.45) is 4.53. The van der Waals surface area contributed by atoms with Crippen LogP contribution >= 0.6 is 11.6 Å². The molecule has 2 aromatic heterocycles. The first-order valence-electron chi connectivity index (χ1n) is 10.3. The Morgan fingerprint density at radius 3 is 2.64 bits per heavy atom. The van der Waals surface area contributed by atoms with Crippen LogP contribution in [0.25, 0.3) is 22.2 Å². The number of aromatic amines is 1. The van der Waals surface area contributed by atoms with E-state index in [1.165, 1.54) is 6.20 Å². The Morgan fingerprint density at radius 1 is 1.15 bits per heavy atom. The summed E-state index contributed by atoms with van der Waals surface area (Å²) in [6, 6.07) is 10.9. The number of hydrogen-bond donors (Lipinski definition) is 2. The molecule has 0 saturated carbocycles. The van der Waals surface area contributed by atoms with E-state index in [9.17, 15) is 13.4 Å². The zero-order valence-corrected chi connectivity index (χ0v) is 19.2. The lowest BCUT2D eigenvalue weighted by Crippen LogP contribution is -2.13. The minimum atomic E-state index is -1.54. The summed E-state index contributed by atoms with van der Waals surface area (Å²) >= 11 is 5.95. The van der Waals surface area contributed by atoms with Crippen LogP contribution in [0.3, 0.4) is 0 Å². The van der Waals surface area contributed by atoms with Crippen molar-refractivity contribution < 1.29 is 17.8 Å². The van der Waals surface area contributed by atoms with E-state index < -0.39 is 34.0 Å². The Hall–Kier alpha value is -3.10. The summed E-state index contributed by atoms with van der Waals surface area (Å²) < 4.78 is 44.4. The number of hydrogen-bond acceptors (Lipinski definition) is 3. The predicted octanol–water partition coefficient (Wildman–Crippen LogP) is 6.27. The summed E-state index contributed by atoms with van der Waals surface area (Å²) in [4.78, 5) is 20.4. The second-order valence-corrected chi connectivity index (χ2v) is 9.19. The fourth-order valence-corrected chi connectivity index (χ4v) is 4.60. The van der Waals surface area contributed by atoms with Crippen molar-refractivity contribution in [3.63, 3.8) is 0 Å². The molecule has 1 atom stereocenters. The maximum atomic E-state index is 15.1. The van der Waals surface area contributed by atoms with E-state index in [1.54, 1.807) is 24.4 Å². The second-order valence-electron chi connectivity index (χ2n) is 7.45. The molecule has 0 aliphatic heterocycles. The van der Waals surface area contributed by atoms with E-state index in [4.69, 9.17) is 11.6 Å². The van der Waals surface area contributed by atoms with Crippen molar-refractivity contribution in [3.8, 4) is 11.1 Å². The molecule has 1 unspecified atom stereocenters. The highest BCUT2D eigenvalue weighted by Crippen LogP contribution is 2.30. The van der Waals surface area contributed by atoms with Crippen molar-refractivity contribution in [2.45, 2.75) is 19.8 Å². The number of nitrogens with one attached hydrogen (secondary N) is 2. The van der Waals surface area contributed by atoms with Gasteiger partial charge in [0.2, 0.25) is 5.78 Å². The van der Waals surface area contributed by atoms with Crippen LogP contribution in [0, 0.1) is 11.6 Å². The number of ketones is 1. The van der Waals surface area contributed by atoms with E-state index in [-0.39, 0.29) is 11.3 Å². The maximum absolute atomic E-state index is 15.1. The van der Waals surface area contributed by atoms with Crippen molar-refractivity contribution in [2.75, 3.05) is 10.5 Å². The van der Waals surface area contributed by atoms with E-state index in [1.807, 2.05) is 19.1 Å². The van der Waals surface area contributed by atoms with Gasteiger partial charge in [0.15, 0.2) is 5.82 Å². The number of pyridine rings is 1. The van der Waals surface area contributed by atoms with Crippen molar-refractivity contribution in [3.05, 3.63) is 82.6 Å². The quantitative estimate of drug-likeness (QED) is 0.288. The van der Waals surface area contributed by atoms with Crippen LogP contribution in [0.2, 0.25) is 5.02 Å². The maximum Gasteiger partial charge on any atom is 0.201 e. The minimum Gasteiger partial charge on any atom is -0.345 e. The molecule has 9 heteroatoms. The average molecular weight is 488 g/mol. The monoisotopic (exact) mass is 487 g/mol. The number of carbonyl (C=O) groups excluding carboxylic acids is 1. The molecule has 0 aliphatic carbocycles. The number of anilines is 1. The van der Waals surface area contributed by atoms with Gasteiger partial charge in [-0.2, -0.15) is 0 Å². The third kappa shape index (κ3) is 4.82. The van der Waals surface area contributed by atoms with Gasteiger partial charge in [-0.25, -0.2) is 18.0 Å². The van der Waals surface area contributed by atoms with Crippen LogP contribution in [0.5, 0.6) is 0 Å². The van der Waals surface area contributed by atoms with Gasteiger partial charge in [-0.3, -0.25) is 4.79 Å². The van der Waals surface area contributed by atoms with E-state index >= 15 is 4.39 Å². The molecule has 0 saturated heterocycles. The first-order valence-corrected chi connectivity index (χ1v) is 12.0. The largest absolute Gasteiger partial charge is 0.345 e. The standard InChI is InChI=1S/C24H20ClF2N3O2S/c1-2-3-10-33(32)30-20-9-8-19(26)21(22(20)27)23(31)18-13-29-24-17(18)11-15(12-28-24)14-4-6-16(25)7-5-14/h4-9,11-13,30H,2-3,10H2,1H3,(H,28,29). The molecule has 0 aliphatic rings. The van der Waals surface area contributed by atoms with Gasteiger partial charge in [-0.05, 0) is 42.3 Å². The van der Waals surface area contributed by atoms with Gasteiger partial charge in [0.1, 0.15) is 22.5 Å². The van der Waals surface area contributed by atoms with Crippen LogP contribution in [-0.4, -0.2) is 25.7 Å². The Bertz CT molecular complexity index is 1360.